The molecule has 0 radical (unpaired) electrons. The van der Waals surface area contributed by atoms with Crippen molar-refractivity contribution in [3.05, 3.63) is 18.1 Å². The van der Waals surface area contributed by atoms with Crippen LogP contribution in [-0.2, 0) is 13.1 Å². The predicted molar refractivity (Wildman–Crippen MR) is 65.0 cm³/mol. The van der Waals surface area contributed by atoms with Gasteiger partial charge in [0.2, 0.25) is 5.88 Å². The smallest absolute Gasteiger partial charge is 0.241 e. The van der Waals surface area contributed by atoms with Gasteiger partial charge in [-0.2, -0.15) is 10.2 Å². The Kier molecular flexibility index (Phi) is 3.03. The number of hydrogen-bond donors (Lipinski definition) is 1. The fourth-order valence-corrected chi connectivity index (χ4v) is 1.58. The molecule has 0 aliphatic heterocycles. The van der Waals surface area contributed by atoms with E-state index in [9.17, 15) is 0 Å². The van der Waals surface area contributed by atoms with Crippen molar-refractivity contribution in [2.24, 2.45) is 0 Å². The van der Waals surface area contributed by atoms with Crippen molar-refractivity contribution in [2.75, 3.05) is 5.73 Å². The largest absolute Gasteiger partial charge is 0.434 e. The van der Waals surface area contributed by atoms with Crippen molar-refractivity contribution < 1.29 is 4.74 Å². The summed E-state index contributed by atoms with van der Waals surface area (Å²) in [4.78, 5) is 0. The molecule has 17 heavy (non-hydrogen) atoms. The normalized spacial score (nSPS) is 10.8. The first kappa shape index (κ1) is 11.5. The first-order chi connectivity index (χ1) is 8.15. The van der Waals surface area contributed by atoms with Gasteiger partial charge in [0, 0.05) is 13.1 Å². The zero-order chi connectivity index (χ0) is 12.4. The standard InChI is InChI=1S/C11H17N5O/c1-4-15-7-9(6-13-15)17-11-10(12)8(3)14-16(11)5-2/h6-7H,4-5,12H2,1-3H3. The lowest BCUT2D eigenvalue weighted by Crippen LogP contribution is -2.00. The van der Waals surface area contributed by atoms with Gasteiger partial charge in [0.1, 0.15) is 5.69 Å². The predicted octanol–water partition coefficient (Wildman–Crippen LogP) is 1.80. The van der Waals surface area contributed by atoms with E-state index in [1.54, 1.807) is 15.6 Å². The molecular formula is C11H17N5O. The first-order valence-corrected chi connectivity index (χ1v) is 5.68. The maximum Gasteiger partial charge on any atom is 0.241 e. The van der Waals surface area contributed by atoms with Crippen molar-refractivity contribution >= 4 is 5.69 Å². The number of ether oxygens (including phenoxy) is 1. The molecule has 2 rings (SSSR count). The van der Waals surface area contributed by atoms with Crippen molar-refractivity contribution in [1.82, 2.24) is 19.6 Å². The van der Waals surface area contributed by atoms with Crippen LogP contribution in [0.25, 0.3) is 0 Å². The average molecular weight is 235 g/mol. The van der Waals surface area contributed by atoms with Crippen molar-refractivity contribution in [3.63, 3.8) is 0 Å². The number of aromatic nitrogens is 4. The molecule has 0 fully saturated rings. The summed E-state index contributed by atoms with van der Waals surface area (Å²) in [7, 11) is 0. The van der Waals surface area contributed by atoms with E-state index in [2.05, 4.69) is 10.2 Å². The van der Waals surface area contributed by atoms with E-state index in [1.165, 1.54) is 0 Å². The van der Waals surface area contributed by atoms with E-state index >= 15 is 0 Å². The fraction of sp³-hybridized carbons (Fsp3) is 0.455. The summed E-state index contributed by atoms with van der Waals surface area (Å²) < 4.78 is 9.27. The Morgan fingerprint density at radius 3 is 2.71 bits per heavy atom. The van der Waals surface area contributed by atoms with Gasteiger partial charge >= 0.3 is 0 Å². The molecule has 0 spiro atoms. The molecule has 0 bridgehead atoms. The topological polar surface area (TPSA) is 70.9 Å². The highest BCUT2D eigenvalue weighted by Gasteiger charge is 2.14. The Labute approximate surface area is 100.0 Å². The van der Waals surface area contributed by atoms with E-state index in [4.69, 9.17) is 10.5 Å². The van der Waals surface area contributed by atoms with Crippen LogP contribution in [0.3, 0.4) is 0 Å². The molecule has 0 aliphatic carbocycles. The van der Waals surface area contributed by atoms with Gasteiger partial charge in [-0.25, -0.2) is 4.68 Å². The van der Waals surface area contributed by atoms with Gasteiger partial charge in [-0.1, -0.05) is 0 Å². The quantitative estimate of drug-likeness (QED) is 0.877. The summed E-state index contributed by atoms with van der Waals surface area (Å²) >= 11 is 0. The fourth-order valence-electron chi connectivity index (χ4n) is 1.58. The first-order valence-electron chi connectivity index (χ1n) is 5.68. The molecule has 6 nitrogen and oxygen atoms in total. The third kappa shape index (κ3) is 2.11. The summed E-state index contributed by atoms with van der Waals surface area (Å²) in [6.07, 6.45) is 3.51. The van der Waals surface area contributed by atoms with Crippen LogP contribution >= 0.6 is 0 Å². The van der Waals surface area contributed by atoms with Crippen LogP contribution in [0.15, 0.2) is 12.4 Å². The Bertz CT molecular complexity index is 514. The third-order valence-corrected chi connectivity index (χ3v) is 2.57. The summed E-state index contributed by atoms with van der Waals surface area (Å²) in [5.41, 5.74) is 7.29. The average Bonchev–Trinajstić information content (AvgIpc) is 2.89. The van der Waals surface area contributed by atoms with Gasteiger partial charge in [0.25, 0.3) is 0 Å². The molecule has 2 N–H and O–H groups in total. The molecule has 2 aromatic heterocycles. The van der Waals surface area contributed by atoms with E-state index in [-0.39, 0.29) is 0 Å². The van der Waals surface area contributed by atoms with Crippen LogP contribution in [0.2, 0.25) is 0 Å². The highest BCUT2D eigenvalue weighted by Crippen LogP contribution is 2.29. The monoisotopic (exact) mass is 235 g/mol. The van der Waals surface area contributed by atoms with Crippen LogP contribution in [0.4, 0.5) is 5.69 Å². The Morgan fingerprint density at radius 1 is 1.35 bits per heavy atom. The molecule has 6 heteroatoms. The minimum atomic E-state index is 0.580. The second-order valence-electron chi connectivity index (χ2n) is 3.75. The second kappa shape index (κ2) is 4.48. The van der Waals surface area contributed by atoms with Crippen molar-refractivity contribution in [3.8, 4) is 11.6 Å². The summed E-state index contributed by atoms with van der Waals surface area (Å²) in [6.45, 7) is 7.41. The lowest BCUT2D eigenvalue weighted by atomic mass is 10.4. The molecule has 0 saturated heterocycles. The van der Waals surface area contributed by atoms with Gasteiger partial charge in [-0.05, 0) is 20.8 Å². The lowest BCUT2D eigenvalue weighted by molar-refractivity contribution is 0.417. The molecule has 2 heterocycles. The lowest BCUT2D eigenvalue weighted by Gasteiger charge is -2.05. The van der Waals surface area contributed by atoms with Gasteiger partial charge < -0.3 is 10.5 Å². The Balaban J connectivity index is 2.28. The number of nitrogen functional groups attached to an aromatic ring is 1. The molecule has 0 saturated carbocycles. The van der Waals surface area contributed by atoms with Crippen LogP contribution in [0.5, 0.6) is 11.6 Å². The number of nitrogens with zero attached hydrogens (tertiary/aromatic N) is 4. The summed E-state index contributed by atoms with van der Waals surface area (Å²) in [6, 6.07) is 0. The zero-order valence-electron chi connectivity index (χ0n) is 10.3. The maximum absolute atomic E-state index is 5.93. The van der Waals surface area contributed by atoms with Crippen LogP contribution in [0.1, 0.15) is 19.5 Å². The molecule has 0 unspecified atom stereocenters. The SMILES string of the molecule is CCn1cc(Oc2c(N)c(C)nn2CC)cn1. The number of nitrogens with two attached hydrogens (primary N) is 1. The molecule has 0 atom stereocenters. The van der Waals surface area contributed by atoms with Gasteiger partial charge in [0.05, 0.1) is 18.1 Å². The highest BCUT2D eigenvalue weighted by molar-refractivity contribution is 5.53. The van der Waals surface area contributed by atoms with Gasteiger partial charge in [-0.3, -0.25) is 4.68 Å². The maximum atomic E-state index is 5.93. The highest BCUT2D eigenvalue weighted by atomic mass is 16.5. The number of rotatable bonds is 4. The van der Waals surface area contributed by atoms with E-state index < -0.39 is 0 Å². The van der Waals surface area contributed by atoms with Gasteiger partial charge in [-0.15, -0.1) is 0 Å². The molecule has 0 aliphatic rings. The van der Waals surface area contributed by atoms with E-state index in [1.807, 2.05) is 27.0 Å². The Morgan fingerprint density at radius 2 is 2.12 bits per heavy atom. The van der Waals surface area contributed by atoms with Crippen molar-refractivity contribution in [2.45, 2.75) is 33.9 Å². The molecular weight excluding hydrogens is 218 g/mol. The minimum Gasteiger partial charge on any atom is -0.434 e. The third-order valence-electron chi connectivity index (χ3n) is 2.57. The molecule has 0 amide bonds. The zero-order valence-corrected chi connectivity index (χ0v) is 10.3. The van der Waals surface area contributed by atoms with Crippen LogP contribution < -0.4 is 10.5 Å². The molecule has 92 valence electrons. The summed E-state index contributed by atoms with van der Waals surface area (Å²) in [5.74, 6) is 1.26. The Hall–Kier alpha value is -1.98. The van der Waals surface area contributed by atoms with E-state index in [0.717, 1.165) is 18.8 Å². The minimum absolute atomic E-state index is 0.580. The summed E-state index contributed by atoms with van der Waals surface area (Å²) in [5, 5.41) is 8.44. The number of aryl methyl sites for hydroxylation is 3. The van der Waals surface area contributed by atoms with Gasteiger partial charge in [0.15, 0.2) is 5.75 Å². The second-order valence-corrected chi connectivity index (χ2v) is 3.75. The van der Waals surface area contributed by atoms with Crippen molar-refractivity contribution in [1.29, 1.82) is 0 Å². The number of anilines is 1. The molecule has 2 aromatic rings. The molecule has 0 aromatic carbocycles. The van der Waals surface area contributed by atoms with E-state index in [0.29, 0.717) is 17.3 Å². The van der Waals surface area contributed by atoms with Crippen LogP contribution in [0, 0.1) is 6.92 Å². The van der Waals surface area contributed by atoms with Crippen LogP contribution in [-0.4, -0.2) is 19.6 Å². The number of hydrogen-bond acceptors (Lipinski definition) is 4.